The van der Waals surface area contributed by atoms with E-state index in [9.17, 15) is 9.59 Å². The van der Waals surface area contributed by atoms with Crippen LogP contribution in [-0.2, 0) is 11.3 Å². The SMILES string of the molecule is Cc1cc(C)cc(OCCC(=O)N(Cc2ccc(C(=O)NC3CC3)cc2)C2CC2)c1. The van der Waals surface area contributed by atoms with Gasteiger partial charge in [0.15, 0.2) is 0 Å². The van der Waals surface area contributed by atoms with Gasteiger partial charge in [-0.1, -0.05) is 18.2 Å². The molecular formula is C25H30N2O3. The molecule has 158 valence electrons. The summed E-state index contributed by atoms with van der Waals surface area (Å²) in [7, 11) is 0. The molecule has 0 bridgehead atoms. The maximum atomic E-state index is 12.8. The first-order valence-corrected chi connectivity index (χ1v) is 10.9. The molecule has 1 N–H and O–H groups in total. The lowest BCUT2D eigenvalue weighted by Crippen LogP contribution is -2.33. The smallest absolute Gasteiger partial charge is 0.251 e. The molecule has 30 heavy (non-hydrogen) atoms. The number of hydrogen-bond donors (Lipinski definition) is 1. The fourth-order valence-electron chi connectivity index (χ4n) is 3.68. The molecule has 2 aromatic rings. The molecule has 0 aliphatic heterocycles. The highest BCUT2D eigenvalue weighted by Crippen LogP contribution is 2.29. The summed E-state index contributed by atoms with van der Waals surface area (Å²) in [5.41, 5.74) is 4.04. The van der Waals surface area contributed by atoms with Gasteiger partial charge in [-0.3, -0.25) is 9.59 Å². The molecule has 2 aliphatic carbocycles. The standard InChI is InChI=1S/C25H30N2O3/c1-17-13-18(2)15-23(14-17)30-12-11-24(28)27(22-9-10-22)16-19-3-5-20(6-4-19)25(29)26-21-7-8-21/h3-6,13-15,21-22H,7-12,16H2,1-2H3,(H,26,29). The third kappa shape index (κ3) is 5.62. The van der Waals surface area contributed by atoms with E-state index < -0.39 is 0 Å². The summed E-state index contributed by atoms with van der Waals surface area (Å²) in [5, 5.41) is 3.00. The zero-order chi connectivity index (χ0) is 21.1. The summed E-state index contributed by atoms with van der Waals surface area (Å²) in [6, 6.07) is 14.4. The lowest BCUT2D eigenvalue weighted by atomic mass is 10.1. The quantitative estimate of drug-likeness (QED) is 0.680. The molecule has 0 spiro atoms. The molecule has 4 rings (SSSR count). The second-order valence-electron chi connectivity index (χ2n) is 8.62. The number of carbonyl (C=O) groups is 2. The molecule has 2 aromatic carbocycles. The van der Waals surface area contributed by atoms with Crippen molar-refractivity contribution in [3.8, 4) is 5.75 Å². The Kier molecular flexibility index (Phi) is 6.07. The van der Waals surface area contributed by atoms with Gasteiger partial charge in [-0.2, -0.15) is 0 Å². The number of nitrogens with zero attached hydrogens (tertiary/aromatic N) is 1. The lowest BCUT2D eigenvalue weighted by Gasteiger charge is -2.23. The van der Waals surface area contributed by atoms with Crippen molar-refractivity contribution >= 4 is 11.8 Å². The number of ether oxygens (including phenoxy) is 1. The highest BCUT2D eigenvalue weighted by atomic mass is 16.5. The van der Waals surface area contributed by atoms with Crippen molar-refractivity contribution in [3.05, 3.63) is 64.7 Å². The molecule has 2 amide bonds. The van der Waals surface area contributed by atoms with Crippen molar-refractivity contribution in [1.82, 2.24) is 10.2 Å². The summed E-state index contributed by atoms with van der Waals surface area (Å²) in [6.07, 6.45) is 4.65. The van der Waals surface area contributed by atoms with E-state index in [1.807, 2.05) is 55.1 Å². The van der Waals surface area contributed by atoms with Crippen LogP contribution in [0.2, 0.25) is 0 Å². The summed E-state index contributed by atoms with van der Waals surface area (Å²) >= 11 is 0. The Morgan fingerprint density at radius 3 is 2.27 bits per heavy atom. The predicted octanol–water partition coefficient (Wildman–Crippen LogP) is 4.16. The van der Waals surface area contributed by atoms with Crippen LogP contribution in [0.5, 0.6) is 5.75 Å². The van der Waals surface area contributed by atoms with Gasteiger partial charge in [0, 0.05) is 24.2 Å². The highest BCUT2D eigenvalue weighted by Gasteiger charge is 2.32. The number of rotatable bonds is 9. The molecule has 2 aliphatic rings. The molecule has 0 aromatic heterocycles. The van der Waals surface area contributed by atoms with Gasteiger partial charge < -0.3 is 15.0 Å². The van der Waals surface area contributed by atoms with E-state index in [-0.39, 0.29) is 11.8 Å². The van der Waals surface area contributed by atoms with Crippen LogP contribution < -0.4 is 10.1 Å². The van der Waals surface area contributed by atoms with Crippen molar-refractivity contribution in [2.75, 3.05) is 6.61 Å². The zero-order valence-electron chi connectivity index (χ0n) is 17.8. The molecule has 0 radical (unpaired) electrons. The molecule has 0 atom stereocenters. The number of nitrogens with one attached hydrogen (secondary N) is 1. The van der Waals surface area contributed by atoms with Crippen molar-refractivity contribution in [2.24, 2.45) is 0 Å². The average Bonchev–Trinajstić information content (AvgIpc) is 3.60. The van der Waals surface area contributed by atoms with E-state index in [2.05, 4.69) is 11.4 Å². The summed E-state index contributed by atoms with van der Waals surface area (Å²) in [5.74, 6) is 0.929. The van der Waals surface area contributed by atoms with Crippen LogP contribution in [-0.4, -0.2) is 35.4 Å². The third-order valence-corrected chi connectivity index (χ3v) is 5.57. The minimum absolute atomic E-state index is 0.0114. The molecule has 2 saturated carbocycles. The van der Waals surface area contributed by atoms with Crippen molar-refractivity contribution in [3.63, 3.8) is 0 Å². The van der Waals surface area contributed by atoms with E-state index in [0.717, 1.165) is 48.1 Å². The van der Waals surface area contributed by atoms with Gasteiger partial charge in [0.05, 0.1) is 13.0 Å². The first kappa shape index (κ1) is 20.5. The number of aryl methyl sites for hydroxylation is 2. The summed E-state index contributed by atoms with van der Waals surface area (Å²) in [6.45, 7) is 5.05. The third-order valence-electron chi connectivity index (χ3n) is 5.57. The molecule has 2 fully saturated rings. The number of amides is 2. The number of benzene rings is 2. The highest BCUT2D eigenvalue weighted by molar-refractivity contribution is 5.94. The van der Waals surface area contributed by atoms with E-state index in [1.54, 1.807) is 0 Å². The van der Waals surface area contributed by atoms with Crippen molar-refractivity contribution in [1.29, 1.82) is 0 Å². The van der Waals surface area contributed by atoms with Crippen molar-refractivity contribution in [2.45, 2.75) is 64.6 Å². The predicted molar refractivity (Wildman–Crippen MR) is 117 cm³/mol. The first-order valence-electron chi connectivity index (χ1n) is 10.9. The Balaban J connectivity index is 1.30. The largest absolute Gasteiger partial charge is 0.493 e. The molecule has 0 unspecified atom stereocenters. The van der Waals surface area contributed by atoms with Crippen LogP contribution in [0, 0.1) is 13.8 Å². The van der Waals surface area contributed by atoms with Crippen LogP contribution >= 0.6 is 0 Å². The van der Waals surface area contributed by atoms with E-state index >= 15 is 0 Å². The lowest BCUT2D eigenvalue weighted by molar-refractivity contribution is -0.132. The van der Waals surface area contributed by atoms with Gasteiger partial charge in [0.25, 0.3) is 5.91 Å². The molecule has 5 nitrogen and oxygen atoms in total. The molecular weight excluding hydrogens is 376 g/mol. The normalized spacial score (nSPS) is 15.5. The molecule has 5 heteroatoms. The Bertz CT molecular complexity index is 894. The fraction of sp³-hybridized carbons (Fsp3) is 0.440. The maximum absolute atomic E-state index is 12.8. The minimum Gasteiger partial charge on any atom is -0.493 e. The van der Waals surface area contributed by atoms with Gasteiger partial charge in [0.1, 0.15) is 5.75 Å². The Labute approximate surface area is 178 Å². The number of carbonyl (C=O) groups excluding carboxylic acids is 2. The fourth-order valence-corrected chi connectivity index (χ4v) is 3.68. The second-order valence-corrected chi connectivity index (χ2v) is 8.62. The number of hydrogen-bond acceptors (Lipinski definition) is 3. The summed E-state index contributed by atoms with van der Waals surface area (Å²) < 4.78 is 5.83. The molecule has 0 saturated heterocycles. The summed E-state index contributed by atoms with van der Waals surface area (Å²) in [4.78, 5) is 26.9. The molecule has 0 heterocycles. The van der Waals surface area contributed by atoms with E-state index in [4.69, 9.17) is 4.74 Å². The first-order chi connectivity index (χ1) is 14.5. The minimum atomic E-state index is -0.0114. The van der Waals surface area contributed by atoms with Gasteiger partial charge in [-0.25, -0.2) is 0 Å². The van der Waals surface area contributed by atoms with E-state index in [0.29, 0.717) is 37.2 Å². The van der Waals surface area contributed by atoms with Crippen molar-refractivity contribution < 1.29 is 14.3 Å². The van der Waals surface area contributed by atoms with Crippen LogP contribution in [0.1, 0.15) is 59.2 Å². The van der Waals surface area contributed by atoms with Gasteiger partial charge in [-0.15, -0.1) is 0 Å². The van der Waals surface area contributed by atoms with Crippen LogP contribution in [0.4, 0.5) is 0 Å². The monoisotopic (exact) mass is 406 g/mol. The maximum Gasteiger partial charge on any atom is 0.251 e. The van der Waals surface area contributed by atoms with Crippen LogP contribution in [0.15, 0.2) is 42.5 Å². The Morgan fingerprint density at radius 1 is 1.00 bits per heavy atom. The van der Waals surface area contributed by atoms with Crippen LogP contribution in [0.25, 0.3) is 0 Å². The van der Waals surface area contributed by atoms with Gasteiger partial charge >= 0.3 is 0 Å². The van der Waals surface area contributed by atoms with Crippen LogP contribution in [0.3, 0.4) is 0 Å². The second kappa shape index (κ2) is 8.90. The van der Waals surface area contributed by atoms with Gasteiger partial charge in [0.2, 0.25) is 5.91 Å². The Morgan fingerprint density at radius 2 is 1.67 bits per heavy atom. The van der Waals surface area contributed by atoms with Gasteiger partial charge in [-0.05, 0) is 80.5 Å². The topological polar surface area (TPSA) is 58.6 Å². The van der Waals surface area contributed by atoms with E-state index in [1.165, 1.54) is 0 Å². The average molecular weight is 407 g/mol. The Hall–Kier alpha value is -2.82. The zero-order valence-corrected chi connectivity index (χ0v) is 17.8.